The van der Waals surface area contributed by atoms with Crippen molar-refractivity contribution in [3.05, 3.63) is 130 Å². The Morgan fingerprint density at radius 2 is 1.13 bits per heavy atom. The highest BCUT2D eigenvalue weighted by Crippen LogP contribution is 2.74. The summed E-state index contributed by atoms with van der Waals surface area (Å²) in [6.07, 6.45) is 0. The first kappa shape index (κ1) is 19.9. The van der Waals surface area contributed by atoms with Crippen LogP contribution in [0.2, 0.25) is 0 Å². The lowest BCUT2D eigenvalue weighted by Crippen LogP contribution is -2.54. The van der Waals surface area contributed by atoms with E-state index in [1.54, 1.807) is 27.8 Å². The molecule has 0 aromatic heterocycles. The van der Waals surface area contributed by atoms with Crippen LogP contribution in [0.4, 0.5) is 22.7 Å². The highest BCUT2D eigenvalue weighted by atomic mass is 15.5. The third-order valence-corrected chi connectivity index (χ3v) is 10.6. The molecule has 4 aromatic carbocycles. The molecule has 4 aromatic rings. The van der Waals surface area contributed by atoms with Gasteiger partial charge in [0.2, 0.25) is 0 Å². The van der Waals surface area contributed by atoms with Gasteiger partial charge >= 0.3 is 0 Å². The van der Waals surface area contributed by atoms with Gasteiger partial charge in [-0.1, -0.05) is 66.7 Å². The molecule has 7 aliphatic rings. The molecular formula is C34H28N4. The molecule has 4 atom stereocenters. The third kappa shape index (κ3) is 1.94. The number of hydrogen-bond acceptors (Lipinski definition) is 4. The topological polar surface area (TPSA) is 13.0 Å². The van der Waals surface area contributed by atoms with Gasteiger partial charge in [0.05, 0.1) is 28.2 Å². The van der Waals surface area contributed by atoms with Gasteiger partial charge in [0.25, 0.3) is 0 Å². The summed E-state index contributed by atoms with van der Waals surface area (Å²) in [6, 6.07) is 34.5. The molecule has 4 heteroatoms. The maximum atomic E-state index is 2.66. The lowest BCUT2D eigenvalue weighted by molar-refractivity contribution is 0.222. The molecule has 4 nitrogen and oxygen atoms in total. The number of hydrogen-bond donors (Lipinski definition) is 0. The lowest BCUT2D eigenvalue weighted by Gasteiger charge is -2.53. The second-order valence-corrected chi connectivity index (χ2v) is 11.9. The van der Waals surface area contributed by atoms with E-state index in [9.17, 15) is 0 Å². The van der Waals surface area contributed by atoms with Crippen molar-refractivity contribution in [1.82, 2.24) is 0 Å². The van der Waals surface area contributed by atoms with Crippen molar-refractivity contribution < 1.29 is 0 Å². The number of para-hydroxylation sites is 4. The van der Waals surface area contributed by atoms with Crippen molar-refractivity contribution in [1.29, 1.82) is 0 Å². The number of rotatable bonds is 0. The molecule has 2 unspecified atom stereocenters. The molecule has 0 saturated carbocycles. The number of benzene rings is 4. The molecule has 0 N–H and O–H groups in total. The van der Waals surface area contributed by atoms with Gasteiger partial charge < -0.3 is 19.6 Å². The summed E-state index contributed by atoms with van der Waals surface area (Å²) < 4.78 is 0. The molecule has 0 saturated heterocycles. The predicted octanol–water partition coefficient (Wildman–Crippen LogP) is 6.08. The molecule has 3 heterocycles. The largest absolute Gasteiger partial charge is 0.326 e. The number of fused-ring (bicyclic) bond motifs is 6. The van der Waals surface area contributed by atoms with E-state index < -0.39 is 0 Å². The van der Waals surface area contributed by atoms with E-state index >= 15 is 0 Å². The fourth-order valence-electron chi connectivity index (χ4n) is 9.27. The maximum absolute atomic E-state index is 2.66. The van der Waals surface area contributed by atoms with Crippen molar-refractivity contribution in [2.75, 3.05) is 46.8 Å². The number of anilines is 4. The summed E-state index contributed by atoms with van der Waals surface area (Å²) in [4.78, 5) is 10.2. The molecule has 0 amide bonds. The Morgan fingerprint density at radius 3 is 1.84 bits per heavy atom. The van der Waals surface area contributed by atoms with Gasteiger partial charge in [0.1, 0.15) is 0 Å². The smallest absolute Gasteiger partial charge is 0.155 e. The molecule has 184 valence electrons. The summed E-state index contributed by atoms with van der Waals surface area (Å²) in [7, 11) is 4.50. The molecule has 11 rings (SSSR count). The Kier molecular flexibility index (Phi) is 3.28. The van der Waals surface area contributed by atoms with Crippen LogP contribution in [-0.4, -0.2) is 27.2 Å². The average molecular weight is 493 g/mol. The molecule has 3 aliphatic heterocycles. The van der Waals surface area contributed by atoms with Crippen molar-refractivity contribution in [3.63, 3.8) is 0 Å². The zero-order valence-electron chi connectivity index (χ0n) is 21.6. The van der Waals surface area contributed by atoms with Crippen LogP contribution in [0.1, 0.15) is 33.7 Å². The van der Waals surface area contributed by atoms with E-state index in [0.29, 0.717) is 17.8 Å². The van der Waals surface area contributed by atoms with Gasteiger partial charge in [0.15, 0.2) is 11.6 Å². The van der Waals surface area contributed by atoms with E-state index in [-0.39, 0.29) is 5.41 Å². The molecular weight excluding hydrogens is 464 g/mol. The third-order valence-electron chi connectivity index (χ3n) is 10.6. The Labute approximate surface area is 223 Å². The second kappa shape index (κ2) is 6.27. The molecule has 2 bridgehead atoms. The summed E-state index contributed by atoms with van der Waals surface area (Å²) in [6.45, 7) is 2.06. The van der Waals surface area contributed by atoms with Gasteiger partial charge in [-0.05, 0) is 58.0 Å². The fraction of sp³-hybridized carbons (Fsp3) is 0.235. The van der Waals surface area contributed by atoms with Crippen molar-refractivity contribution in [2.24, 2.45) is 11.8 Å². The monoisotopic (exact) mass is 492 g/mol. The van der Waals surface area contributed by atoms with Crippen LogP contribution in [0.3, 0.4) is 0 Å². The van der Waals surface area contributed by atoms with E-state index in [2.05, 4.69) is 125 Å². The first-order valence-corrected chi connectivity index (χ1v) is 13.9. The van der Waals surface area contributed by atoms with Gasteiger partial charge in [-0.2, -0.15) is 0 Å². The zero-order valence-corrected chi connectivity index (χ0v) is 21.6. The van der Waals surface area contributed by atoms with Crippen LogP contribution in [-0.2, 0) is 5.41 Å². The maximum Gasteiger partial charge on any atom is 0.155 e. The highest BCUT2D eigenvalue weighted by molar-refractivity contribution is 5.90. The van der Waals surface area contributed by atoms with Crippen molar-refractivity contribution >= 4 is 22.7 Å². The Hall–Kier alpha value is -4.18. The minimum absolute atomic E-state index is 0.0543. The second-order valence-electron chi connectivity index (χ2n) is 11.9. The summed E-state index contributed by atoms with van der Waals surface area (Å²) in [5, 5.41) is 0. The fourth-order valence-corrected chi connectivity index (χ4v) is 9.27. The van der Waals surface area contributed by atoms with E-state index in [1.165, 1.54) is 34.4 Å². The predicted molar refractivity (Wildman–Crippen MR) is 153 cm³/mol. The van der Waals surface area contributed by atoms with Gasteiger partial charge in [-0.3, -0.25) is 0 Å². The van der Waals surface area contributed by atoms with Gasteiger partial charge in [-0.15, -0.1) is 0 Å². The minimum Gasteiger partial charge on any atom is -0.326 e. The van der Waals surface area contributed by atoms with E-state index in [4.69, 9.17) is 0 Å². The van der Waals surface area contributed by atoms with Gasteiger partial charge in [-0.25, -0.2) is 0 Å². The van der Waals surface area contributed by atoms with Crippen LogP contribution in [0.15, 0.2) is 103 Å². The van der Waals surface area contributed by atoms with Crippen LogP contribution >= 0.6 is 0 Å². The van der Waals surface area contributed by atoms with Crippen molar-refractivity contribution in [2.45, 2.75) is 11.3 Å². The SMILES string of the molecule is CN1C2=C3N(C)c4ccccc4N3C[C@H]3[C@H](CN2c2ccccc21)C1c2ccccc2C32c3cccc1c32. The van der Waals surface area contributed by atoms with E-state index in [1.807, 2.05) is 0 Å². The van der Waals surface area contributed by atoms with Gasteiger partial charge in [0, 0.05) is 39.0 Å². The molecule has 38 heavy (non-hydrogen) atoms. The lowest BCUT2D eigenvalue weighted by atomic mass is 9.54. The normalized spacial score (nSPS) is 28.1. The van der Waals surface area contributed by atoms with E-state index in [0.717, 1.165) is 13.1 Å². The zero-order chi connectivity index (χ0) is 24.9. The van der Waals surface area contributed by atoms with Crippen LogP contribution in [0.25, 0.3) is 0 Å². The summed E-state index contributed by atoms with van der Waals surface area (Å²) >= 11 is 0. The minimum atomic E-state index is 0.0543. The molecule has 4 aliphatic carbocycles. The van der Waals surface area contributed by atoms with Crippen LogP contribution in [0, 0.1) is 11.8 Å². The standard InChI is InChI=1S/C34H28N4/c1-35-26-14-5-7-16-28(26)37-18-22-25(19-38-29-17-8-6-15-27(29)36(2)33(38)32(35)37)34-23-12-4-3-10-20(23)30(22)21-11-9-13-24(34)31(21)34/h3-17,22,25,30H,18-19H2,1-2H3/t22-,25-,30?,34?/m0/s1. The summed E-state index contributed by atoms with van der Waals surface area (Å²) in [5.74, 6) is 4.08. The molecule has 0 radical (unpaired) electrons. The first-order valence-electron chi connectivity index (χ1n) is 13.9. The Balaban J connectivity index is 1.28. The quantitative estimate of drug-likeness (QED) is 0.295. The molecule has 0 fully saturated rings. The van der Waals surface area contributed by atoms with Crippen LogP contribution < -0.4 is 19.6 Å². The van der Waals surface area contributed by atoms with Crippen molar-refractivity contribution in [3.8, 4) is 0 Å². The summed E-state index contributed by atoms with van der Waals surface area (Å²) in [5.41, 5.74) is 13.3. The first-order chi connectivity index (χ1) is 18.7. The molecule has 1 spiro atoms. The van der Waals surface area contributed by atoms with Crippen LogP contribution in [0.5, 0.6) is 0 Å². The Morgan fingerprint density at radius 1 is 0.579 bits per heavy atom. The average Bonchev–Trinajstić information content (AvgIpc) is 3.46. The Bertz CT molecular complexity index is 1770. The highest BCUT2D eigenvalue weighted by Gasteiger charge is 2.69. The number of nitrogens with zero attached hydrogens (tertiary/aromatic N) is 4.